The summed E-state index contributed by atoms with van der Waals surface area (Å²) in [4.78, 5) is 0. The second-order valence-corrected chi connectivity index (χ2v) is 15.8. The number of benzene rings is 4. The van der Waals surface area contributed by atoms with E-state index in [0.29, 0.717) is 0 Å². The van der Waals surface area contributed by atoms with Gasteiger partial charge in [0, 0.05) is 0 Å². The Labute approximate surface area is 307 Å². The highest BCUT2D eigenvalue weighted by atomic mass is 14.3. The van der Waals surface area contributed by atoms with Crippen LogP contribution in [0.5, 0.6) is 0 Å². The zero-order chi connectivity index (χ0) is 35.0. The van der Waals surface area contributed by atoms with Crippen molar-refractivity contribution in [3.63, 3.8) is 0 Å². The molecule has 0 heteroatoms. The van der Waals surface area contributed by atoms with E-state index in [1.165, 1.54) is 136 Å². The molecule has 2 aliphatic carbocycles. The Morgan fingerprint density at radius 1 is 0.360 bits per heavy atom. The average Bonchev–Trinajstić information content (AvgIpc) is 3.19. The summed E-state index contributed by atoms with van der Waals surface area (Å²) < 4.78 is 0. The monoisotopic (exact) mass is 669 g/mol. The van der Waals surface area contributed by atoms with Gasteiger partial charge in [-0.3, -0.25) is 0 Å². The molecular formula is C50H68. The molecule has 0 amide bonds. The molecule has 0 aromatic heterocycles. The van der Waals surface area contributed by atoms with Crippen LogP contribution in [0.15, 0.2) is 97.1 Å². The SMILES string of the molecule is CCCCCC1CCC(c2ccc(-c3ccc(CC)cc3)cc2)CC1.CCCCCC1CCC(c2ccc(-c3ccc(CC)cc3)cc2)CC1. The molecule has 0 radical (unpaired) electrons. The first kappa shape index (κ1) is 38.1. The minimum Gasteiger partial charge on any atom is -0.0654 e. The summed E-state index contributed by atoms with van der Waals surface area (Å²) in [5.74, 6) is 3.58. The van der Waals surface area contributed by atoms with E-state index in [1.807, 2.05) is 0 Å². The lowest BCUT2D eigenvalue weighted by Gasteiger charge is -2.29. The number of aryl methyl sites for hydroxylation is 2. The van der Waals surface area contributed by atoms with Crippen LogP contribution in [0.3, 0.4) is 0 Å². The highest BCUT2D eigenvalue weighted by Gasteiger charge is 2.23. The Bertz CT molecular complexity index is 1340. The summed E-state index contributed by atoms with van der Waals surface area (Å²) in [6.07, 6.45) is 24.9. The van der Waals surface area contributed by atoms with Gasteiger partial charge in [0.2, 0.25) is 0 Å². The minimum atomic E-state index is 0.791. The van der Waals surface area contributed by atoms with Crippen LogP contribution in [0.1, 0.15) is 165 Å². The average molecular weight is 669 g/mol. The maximum atomic E-state index is 2.38. The molecule has 4 aromatic rings. The van der Waals surface area contributed by atoms with Crippen LogP contribution in [0, 0.1) is 11.8 Å². The first-order valence-corrected chi connectivity index (χ1v) is 21.0. The van der Waals surface area contributed by atoms with Crippen molar-refractivity contribution in [1.29, 1.82) is 0 Å². The molecule has 0 bridgehead atoms. The van der Waals surface area contributed by atoms with Crippen LogP contribution in [0.4, 0.5) is 0 Å². The topological polar surface area (TPSA) is 0 Å². The van der Waals surface area contributed by atoms with E-state index in [0.717, 1.165) is 36.5 Å². The third-order valence-electron chi connectivity index (χ3n) is 12.3. The number of rotatable bonds is 14. The molecule has 6 rings (SSSR count). The van der Waals surface area contributed by atoms with E-state index in [2.05, 4.69) is 125 Å². The molecule has 0 atom stereocenters. The van der Waals surface area contributed by atoms with Gasteiger partial charge in [0.15, 0.2) is 0 Å². The fourth-order valence-electron chi connectivity index (χ4n) is 8.70. The Morgan fingerprint density at radius 2 is 0.660 bits per heavy atom. The van der Waals surface area contributed by atoms with E-state index in [9.17, 15) is 0 Å². The van der Waals surface area contributed by atoms with Gasteiger partial charge in [0.05, 0.1) is 0 Å². The summed E-state index contributed by atoms with van der Waals surface area (Å²) in [6, 6.07) is 36.9. The summed E-state index contributed by atoms with van der Waals surface area (Å²) in [7, 11) is 0. The number of unbranched alkanes of at least 4 members (excludes halogenated alkanes) is 4. The van der Waals surface area contributed by atoms with Crippen molar-refractivity contribution in [2.45, 2.75) is 155 Å². The van der Waals surface area contributed by atoms with E-state index in [-0.39, 0.29) is 0 Å². The highest BCUT2D eigenvalue weighted by molar-refractivity contribution is 5.65. The van der Waals surface area contributed by atoms with Crippen molar-refractivity contribution in [1.82, 2.24) is 0 Å². The number of hydrogen-bond donors (Lipinski definition) is 0. The van der Waals surface area contributed by atoms with E-state index in [4.69, 9.17) is 0 Å². The van der Waals surface area contributed by atoms with Crippen LogP contribution in [-0.4, -0.2) is 0 Å². The Morgan fingerprint density at radius 3 is 0.940 bits per heavy atom. The quantitative estimate of drug-likeness (QED) is 0.117. The van der Waals surface area contributed by atoms with Crippen molar-refractivity contribution < 1.29 is 0 Å². The first-order valence-electron chi connectivity index (χ1n) is 21.0. The van der Waals surface area contributed by atoms with Gasteiger partial charge in [-0.05, 0) is 132 Å². The van der Waals surface area contributed by atoms with Crippen LogP contribution in [-0.2, 0) is 12.8 Å². The molecule has 0 N–H and O–H groups in total. The van der Waals surface area contributed by atoms with Crippen LogP contribution in [0.2, 0.25) is 0 Å². The van der Waals surface area contributed by atoms with Gasteiger partial charge in [-0.2, -0.15) is 0 Å². The zero-order valence-corrected chi connectivity index (χ0v) is 32.3. The molecule has 0 spiro atoms. The molecule has 2 saturated carbocycles. The van der Waals surface area contributed by atoms with Crippen molar-refractivity contribution in [2.75, 3.05) is 0 Å². The summed E-state index contributed by atoms with van der Waals surface area (Å²) in [5, 5.41) is 0. The molecule has 0 unspecified atom stereocenters. The fraction of sp³-hybridized carbons (Fsp3) is 0.520. The predicted molar refractivity (Wildman–Crippen MR) is 220 cm³/mol. The van der Waals surface area contributed by atoms with Crippen molar-refractivity contribution >= 4 is 0 Å². The summed E-state index contributed by atoms with van der Waals surface area (Å²) in [6.45, 7) is 9.03. The molecule has 2 fully saturated rings. The van der Waals surface area contributed by atoms with Gasteiger partial charge >= 0.3 is 0 Å². The molecule has 0 heterocycles. The molecule has 0 nitrogen and oxygen atoms in total. The molecule has 0 aliphatic heterocycles. The predicted octanol–water partition coefficient (Wildman–Crippen LogP) is 15.5. The standard InChI is InChI=1S/2C25H34/c2*1-3-5-6-7-21-10-14-23(15-11-21)25-18-16-24(17-19-25)22-12-8-20(4-2)9-13-22/h2*8-9,12-13,16-19,21,23H,3-7,10-11,14-15H2,1-2H3. The lowest BCUT2D eigenvalue weighted by atomic mass is 9.77. The summed E-state index contributed by atoms with van der Waals surface area (Å²) >= 11 is 0. The smallest absolute Gasteiger partial charge is 0.0162 e. The maximum absolute atomic E-state index is 2.38. The van der Waals surface area contributed by atoms with Crippen LogP contribution < -0.4 is 0 Å². The van der Waals surface area contributed by atoms with E-state index in [1.54, 1.807) is 11.1 Å². The normalized spacial score (nSPS) is 20.6. The first-order chi connectivity index (χ1) is 24.6. The second-order valence-electron chi connectivity index (χ2n) is 15.8. The lowest BCUT2D eigenvalue weighted by molar-refractivity contribution is 0.303. The van der Waals surface area contributed by atoms with Gasteiger partial charge in [-0.25, -0.2) is 0 Å². The molecule has 50 heavy (non-hydrogen) atoms. The molecule has 2 aliphatic rings. The van der Waals surface area contributed by atoms with Crippen molar-refractivity contribution in [3.8, 4) is 22.3 Å². The third kappa shape index (κ3) is 11.4. The Hall–Kier alpha value is -3.12. The van der Waals surface area contributed by atoms with Crippen LogP contribution in [0.25, 0.3) is 22.3 Å². The van der Waals surface area contributed by atoms with E-state index >= 15 is 0 Å². The van der Waals surface area contributed by atoms with Crippen molar-refractivity contribution in [2.24, 2.45) is 11.8 Å². The Balaban J connectivity index is 0.000000194. The molecule has 268 valence electrons. The zero-order valence-electron chi connectivity index (χ0n) is 32.3. The van der Waals surface area contributed by atoms with Crippen molar-refractivity contribution in [3.05, 3.63) is 119 Å². The third-order valence-corrected chi connectivity index (χ3v) is 12.3. The minimum absolute atomic E-state index is 0.791. The van der Waals surface area contributed by atoms with E-state index < -0.39 is 0 Å². The number of hydrogen-bond acceptors (Lipinski definition) is 0. The Kier molecular flexibility index (Phi) is 15.8. The largest absolute Gasteiger partial charge is 0.0654 e. The summed E-state index contributed by atoms with van der Waals surface area (Å²) in [5.41, 5.74) is 11.3. The fourth-order valence-corrected chi connectivity index (χ4v) is 8.70. The van der Waals surface area contributed by atoms with Gasteiger partial charge in [0.1, 0.15) is 0 Å². The highest BCUT2D eigenvalue weighted by Crippen LogP contribution is 2.39. The van der Waals surface area contributed by atoms with Crippen LogP contribution >= 0.6 is 0 Å². The lowest BCUT2D eigenvalue weighted by Crippen LogP contribution is -2.13. The van der Waals surface area contributed by atoms with Gasteiger partial charge in [-0.1, -0.05) is 176 Å². The maximum Gasteiger partial charge on any atom is -0.0162 e. The van der Waals surface area contributed by atoms with Gasteiger partial charge in [0.25, 0.3) is 0 Å². The van der Waals surface area contributed by atoms with Gasteiger partial charge in [-0.15, -0.1) is 0 Å². The molecule has 4 aromatic carbocycles. The molecule has 0 saturated heterocycles. The van der Waals surface area contributed by atoms with Gasteiger partial charge < -0.3 is 0 Å². The molecular weight excluding hydrogens is 601 g/mol. The second kappa shape index (κ2) is 20.7.